The van der Waals surface area contributed by atoms with E-state index < -0.39 is 0 Å². The van der Waals surface area contributed by atoms with Gasteiger partial charge in [0.15, 0.2) is 0 Å². The van der Waals surface area contributed by atoms with Gasteiger partial charge < -0.3 is 4.90 Å². The number of rotatable bonds is 2. The molecule has 6 rings (SSSR count). The Bertz CT molecular complexity index is 1490. The quantitative estimate of drug-likeness (QED) is 0.251. The second kappa shape index (κ2) is 6.61. The number of nitrogens with zero attached hydrogens (tertiary/aromatic N) is 2. The van der Waals surface area contributed by atoms with Gasteiger partial charge in [-0.15, -0.1) is 0 Å². The van der Waals surface area contributed by atoms with Gasteiger partial charge in [-0.2, -0.15) is 0 Å². The van der Waals surface area contributed by atoms with Crippen LogP contribution in [-0.4, -0.2) is 10.9 Å². The lowest BCUT2D eigenvalue weighted by molar-refractivity contribution is -0.129. The fourth-order valence-corrected chi connectivity index (χ4v) is 4.89. The molecule has 0 spiro atoms. The monoisotopic (exact) mass is 406 g/mol. The first-order valence-corrected chi connectivity index (χ1v) is 10.4. The second-order valence-corrected chi connectivity index (χ2v) is 8.17. The van der Waals surface area contributed by atoms with Crippen molar-refractivity contribution >= 4 is 43.9 Å². The van der Waals surface area contributed by atoms with E-state index in [2.05, 4.69) is 47.4 Å². The smallest absolute Gasteiger partial charge is 0.232 e. The fourth-order valence-electron chi connectivity index (χ4n) is 4.89. The number of aromatic nitrogens is 1. The van der Waals surface area contributed by atoms with E-state index in [0.717, 1.165) is 38.0 Å². The summed E-state index contributed by atoms with van der Waals surface area (Å²) in [6.07, 6.45) is 1.22. The molecule has 0 bridgehead atoms. The Balaban J connectivity index is 1.64. The van der Waals surface area contributed by atoms with Crippen molar-refractivity contribution in [3.63, 3.8) is 0 Å². The molecule has 0 aliphatic carbocycles. The van der Waals surface area contributed by atoms with Crippen LogP contribution in [0.4, 0.5) is 10.1 Å². The molecular formula is C27H19FN2O. The zero-order valence-corrected chi connectivity index (χ0v) is 16.9. The summed E-state index contributed by atoms with van der Waals surface area (Å²) in [7, 11) is 0. The van der Waals surface area contributed by atoms with Crippen LogP contribution in [0.25, 0.3) is 32.3 Å². The molecule has 1 aliphatic heterocycles. The van der Waals surface area contributed by atoms with E-state index in [0.29, 0.717) is 5.69 Å². The van der Waals surface area contributed by atoms with Gasteiger partial charge in [0.2, 0.25) is 5.91 Å². The molecule has 1 aromatic heterocycles. The Kier molecular flexibility index (Phi) is 3.84. The van der Waals surface area contributed by atoms with Crippen LogP contribution in [0.15, 0.2) is 85.1 Å². The van der Waals surface area contributed by atoms with Gasteiger partial charge in [0.1, 0.15) is 5.82 Å². The summed E-state index contributed by atoms with van der Waals surface area (Å²) in [5.74, 6) is -0.531. The van der Waals surface area contributed by atoms with Gasteiger partial charge in [-0.25, -0.2) is 4.39 Å². The van der Waals surface area contributed by atoms with Gasteiger partial charge in [0.25, 0.3) is 0 Å². The largest absolute Gasteiger partial charge is 0.302 e. The number of pyridine rings is 1. The predicted octanol–water partition coefficient (Wildman–Crippen LogP) is 6.40. The van der Waals surface area contributed by atoms with E-state index in [1.807, 2.05) is 36.1 Å². The van der Waals surface area contributed by atoms with Crippen molar-refractivity contribution < 1.29 is 9.18 Å². The van der Waals surface area contributed by atoms with Crippen LogP contribution in [0.1, 0.15) is 18.7 Å². The number of carbonyl (C=O) groups excluding carboxylic acids is 1. The lowest BCUT2D eigenvalue weighted by Gasteiger charge is -2.46. The molecule has 0 saturated carbocycles. The van der Waals surface area contributed by atoms with Gasteiger partial charge in [-0.05, 0) is 45.1 Å². The molecule has 5 aromatic rings. The first-order chi connectivity index (χ1) is 15.1. The van der Waals surface area contributed by atoms with Gasteiger partial charge in [-0.1, -0.05) is 67.6 Å². The van der Waals surface area contributed by atoms with Crippen LogP contribution < -0.4 is 4.90 Å². The van der Waals surface area contributed by atoms with Gasteiger partial charge >= 0.3 is 0 Å². The van der Waals surface area contributed by atoms with Gasteiger partial charge in [0, 0.05) is 5.39 Å². The average molecular weight is 406 g/mol. The standard InChI is InChI=1S/C27H19FN2O/c1-16-26(24-13-11-18(28)15-29-24)30(27(16)31)25-14-23-19-7-3-2-6-17(19)10-12-21(23)20-8-4-5-9-22(20)25/h2-16,26H,1H3/t16-,26+/m1/s1. The third-order valence-electron chi connectivity index (χ3n) is 6.44. The minimum atomic E-state index is -0.378. The number of hydrogen-bond donors (Lipinski definition) is 0. The third kappa shape index (κ3) is 2.58. The summed E-state index contributed by atoms with van der Waals surface area (Å²) in [5, 5.41) is 6.73. The lowest BCUT2D eigenvalue weighted by atomic mass is 9.84. The van der Waals surface area contributed by atoms with Crippen molar-refractivity contribution in [3.05, 3.63) is 96.6 Å². The number of β-lactam (4-membered cyclic amide) rings is 1. The minimum absolute atomic E-state index is 0.0564. The van der Waals surface area contributed by atoms with Crippen molar-refractivity contribution in [2.45, 2.75) is 13.0 Å². The van der Waals surface area contributed by atoms with Crippen molar-refractivity contribution in [2.75, 3.05) is 4.90 Å². The minimum Gasteiger partial charge on any atom is -0.302 e. The molecule has 2 heterocycles. The Hall–Kier alpha value is -3.79. The predicted molar refractivity (Wildman–Crippen MR) is 123 cm³/mol. The normalized spacial score (nSPS) is 18.6. The van der Waals surface area contributed by atoms with Crippen molar-refractivity contribution in [1.29, 1.82) is 0 Å². The summed E-state index contributed by atoms with van der Waals surface area (Å²) >= 11 is 0. The molecule has 2 atom stereocenters. The number of anilines is 1. The first-order valence-electron chi connectivity index (χ1n) is 10.4. The first kappa shape index (κ1) is 18.0. The highest BCUT2D eigenvalue weighted by Crippen LogP contribution is 2.47. The molecule has 31 heavy (non-hydrogen) atoms. The molecule has 1 aliphatic rings. The van der Waals surface area contributed by atoms with Crippen molar-refractivity contribution in [1.82, 2.24) is 4.98 Å². The van der Waals surface area contributed by atoms with E-state index in [4.69, 9.17) is 0 Å². The highest BCUT2D eigenvalue weighted by Gasteiger charge is 2.47. The van der Waals surface area contributed by atoms with Gasteiger partial charge in [-0.3, -0.25) is 9.78 Å². The van der Waals surface area contributed by atoms with Crippen LogP contribution in [0.5, 0.6) is 0 Å². The number of fused-ring (bicyclic) bond motifs is 5. The molecule has 0 radical (unpaired) electrons. The molecular weight excluding hydrogens is 387 g/mol. The molecule has 0 N–H and O–H groups in total. The van der Waals surface area contributed by atoms with Crippen LogP contribution >= 0.6 is 0 Å². The summed E-state index contributed by atoms with van der Waals surface area (Å²) in [5.41, 5.74) is 1.58. The molecule has 0 unspecified atom stereocenters. The lowest BCUT2D eigenvalue weighted by Crippen LogP contribution is -2.54. The van der Waals surface area contributed by atoms with Crippen molar-refractivity contribution in [3.8, 4) is 0 Å². The average Bonchev–Trinajstić information content (AvgIpc) is 2.82. The summed E-state index contributed by atoms with van der Waals surface area (Å²) < 4.78 is 13.5. The summed E-state index contributed by atoms with van der Waals surface area (Å²) in [6, 6.07) is 25.8. The zero-order chi connectivity index (χ0) is 21.1. The molecule has 3 nitrogen and oxygen atoms in total. The topological polar surface area (TPSA) is 33.2 Å². The molecule has 1 fully saturated rings. The number of benzene rings is 4. The van der Waals surface area contributed by atoms with Crippen LogP contribution in [0.3, 0.4) is 0 Å². The second-order valence-electron chi connectivity index (χ2n) is 8.17. The van der Waals surface area contributed by atoms with Crippen LogP contribution in [-0.2, 0) is 4.79 Å². The van der Waals surface area contributed by atoms with E-state index in [1.54, 1.807) is 6.07 Å². The maximum atomic E-state index is 13.5. The number of halogens is 1. The maximum absolute atomic E-state index is 13.5. The van der Waals surface area contributed by atoms with E-state index >= 15 is 0 Å². The Morgan fingerprint density at radius 1 is 0.806 bits per heavy atom. The number of amides is 1. The highest BCUT2D eigenvalue weighted by molar-refractivity contribution is 6.22. The highest BCUT2D eigenvalue weighted by atomic mass is 19.1. The summed E-state index contributed by atoms with van der Waals surface area (Å²) in [6.45, 7) is 1.91. The van der Waals surface area contributed by atoms with E-state index in [-0.39, 0.29) is 23.7 Å². The van der Waals surface area contributed by atoms with E-state index in [9.17, 15) is 9.18 Å². The maximum Gasteiger partial charge on any atom is 0.232 e. The Morgan fingerprint density at radius 2 is 1.52 bits per heavy atom. The van der Waals surface area contributed by atoms with Crippen molar-refractivity contribution in [2.24, 2.45) is 5.92 Å². The number of hydrogen-bond acceptors (Lipinski definition) is 2. The molecule has 1 saturated heterocycles. The van der Waals surface area contributed by atoms with Gasteiger partial charge in [0.05, 0.1) is 29.5 Å². The fraction of sp³-hybridized carbons (Fsp3) is 0.111. The summed E-state index contributed by atoms with van der Waals surface area (Å²) in [4.78, 5) is 19.2. The van der Waals surface area contributed by atoms with Crippen LogP contribution in [0.2, 0.25) is 0 Å². The zero-order valence-electron chi connectivity index (χ0n) is 16.9. The van der Waals surface area contributed by atoms with E-state index in [1.165, 1.54) is 12.3 Å². The third-order valence-corrected chi connectivity index (χ3v) is 6.44. The molecule has 150 valence electrons. The molecule has 1 amide bonds. The Labute approximate surface area is 178 Å². The SMILES string of the molecule is C[C@H]1C(=O)N(c2cc3c4ccccc4ccc3c3ccccc23)[C@@H]1c1ccc(F)cn1. The number of carbonyl (C=O) groups is 1. The molecule has 4 aromatic carbocycles. The molecule has 4 heteroatoms. The Morgan fingerprint density at radius 3 is 2.29 bits per heavy atom. The van der Waals surface area contributed by atoms with Crippen LogP contribution in [0, 0.1) is 11.7 Å².